The molecule has 1 nitrogen and oxygen atoms in total. The lowest BCUT2D eigenvalue weighted by molar-refractivity contribution is 1.17. The molecule has 0 saturated carbocycles. The summed E-state index contributed by atoms with van der Waals surface area (Å²) < 4.78 is 0. The first-order valence-corrected chi connectivity index (χ1v) is 8.01. The van der Waals surface area contributed by atoms with Crippen molar-refractivity contribution in [2.24, 2.45) is 0 Å². The van der Waals surface area contributed by atoms with Crippen molar-refractivity contribution in [3.8, 4) is 0 Å². The highest BCUT2D eigenvalue weighted by atomic mass is 35.5. The van der Waals surface area contributed by atoms with Crippen molar-refractivity contribution in [3.63, 3.8) is 0 Å². The van der Waals surface area contributed by atoms with Gasteiger partial charge in [-0.3, -0.25) is 0 Å². The molecule has 1 aliphatic rings. The highest BCUT2D eigenvalue weighted by Crippen LogP contribution is 2.44. The molecule has 0 amide bonds. The minimum atomic E-state index is 0.758. The summed E-state index contributed by atoms with van der Waals surface area (Å²) >= 11 is 6.15. The first kappa shape index (κ1) is 14.1. The lowest BCUT2D eigenvalue weighted by Crippen LogP contribution is -2.17. The molecule has 0 atom stereocenters. The molecule has 0 spiro atoms. The largest absolute Gasteiger partial charge is 0.344 e. The lowest BCUT2D eigenvalue weighted by atomic mass is 9.89. The summed E-state index contributed by atoms with van der Waals surface area (Å²) in [6, 6.07) is 25.0. The van der Waals surface area contributed by atoms with E-state index < -0.39 is 0 Å². The van der Waals surface area contributed by atoms with Gasteiger partial charge in [0.15, 0.2) is 0 Å². The predicted molar refractivity (Wildman–Crippen MR) is 99.4 cm³/mol. The molecule has 0 bridgehead atoms. The number of para-hydroxylation sites is 2. The number of hydrogen-bond donors (Lipinski definition) is 0. The highest BCUT2D eigenvalue weighted by Gasteiger charge is 2.23. The predicted octanol–water partition coefficient (Wildman–Crippen LogP) is 6.01. The molecular weight excluding hydrogens is 302 g/mol. The second-order valence-electron chi connectivity index (χ2n) is 5.71. The molecule has 0 radical (unpaired) electrons. The molecule has 0 N–H and O–H groups in total. The number of halogens is 1. The maximum absolute atomic E-state index is 6.15. The fourth-order valence-corrected chi connectivity index (χ4v) is 3.38. The third-order valence-corrected chi connectivity index (χ3v) is 4.51. The zero-order valence-corrected chi connectivity index (χ0v) is 13.6. The number of benzene rings is 3. The summed E-state index contributed by atoms with van der Waals surface area (Å²) in [6.07, 6.45) is 2.22. The van der Waals surface area contributed by atoms with Crippen LogP contribution >= 0.6 is 11.6 Å². The third kappa shape index (κ3) is 2.43. The van der Waals surface area contributed by atoms with Crippen LogP contribution < -0.4 is 4.90 Å². The molecule has 1 heterocycles. The second-order valence-corrected chi connectivity index (χ2v) is 6.14. The Hall–Kier alpha value is -2.51. The number of anilines is 2. The Morgan fingerprint density at radius 3 is 2.00 bits per heavy atom. The van der Waals surface area contributed by atoms with E-state index in [1.54, 1.807) is 0 Å². The second kappa shape index (κ2) is 5.60. The van der Waals surface area contributed by atoms with Gasteiger partial charge in [-0.1, -0.05) is 60.1 Å². The van der Waals surface area contributed by atoms with E-state index in [4.69, 9.17) is 11.6 Å². The van der Waals surface area contributed by atoms with Gasteiger partial charge in [-0.25, -0.2) is 0 Å². The molecule has 1 aliphatic heterocycles. The number of nitrogens with zero attached hydrogens (tertiary/aromatic N) is 1. The standard InChI is InChI=1S/C21H16ClN/c1-23-20-11-4-2-9-17(20)19(18-10-3-5-12-21(18)23)14-15-7-6-8-16(22)13-15/h2-14H,1H3. The molecule has 2 heteroatoms. The van der Waals surface area contributed by atoms with Gasteiger partial charge >= 0.3 is 0 Å². The van der Waals surface area contributed by atoms with E-state index in [0.717, 1.165) is 10.6 Å². The fraction of sp³-hybridized carbons (Fsp3) is 0.0476. The summed E-state index contributed by atoms with van der Waals surface area (Å²) in [5.74, 6) is 0. The molecule has 3 aromatic carbocycles. The van der Waals surface area contributed by atoms with E-state index in [9.17, 15) is 0 Å². The van der Waals surface area contributed by atoms with Gasteiger partial charge in [-0.2, -0.15) is 0 Å². The Balaban J connectivity index is 1.98. The minimum absolute atomic E-state index is 0.758. The van der Waals surface area contributed by atoms with Gasteiger partial charge in [0.25, 0.3) is 0 Å². The van der Waals surface area contributed by atoms with Crippen LogP contribution in [0.2, 0.25) is 5.02 Å². The fourth-order valence-electron chi connectivity index (χ4n) is 3.18. The van der Waals surface area contributed by atoms with Crippen molar-refractivity contribution < 1.29 is 0 Å². The molecule has 0 aliphatic carbocycles. The van der Waals surface area contributed by atoms with Gasteiger partial charge < -0.3 is 4.90 Å². The molecule has 0 saturated heterocycles. The summed E-state index contributed by atoms with van der Waals surface area (Å²) in [5, 5.41) is 0.758. The summed E-state index contributed by atoms with van der Waals surface area (Å²) in [5.41, 5.74) is 7.28. The van der Waals surface area contributed by atoms with E-state index in [1.807, 2.05) is 18.2 Å². The topological polar surface area (TPSA) is 3.24 Å². The first-order chi connectivity index (χ1) is 11.2. The van der Waals surface area contributed by atoms with E-state index in [1.165, 1.54) is 28.1 Å². The van der Waals surface area contributed by atoms with Gasteiger partial charge in [0, 0.05) is 34.6 Å². The van der Waals surface area contributed by atoms with Crippen LogP contribution in [0.1, 0.15) is 16.7 Å². The van der Waals surface area contributed by atoms with Crippen LogP contribution in [0.15, 0.2) is 72.8 Å². The third-order valence-electron chi connectivity index (χ3n) is 4.27. The van der Waals surface area contributed by atoms with Crippen molar-refractivity contribution in [1.82, 2.24) is 0 Å². The maximum Gasteiger partial charge on any atom is 0.0488 e. The zero-order chi connectivity index (χ0) is 15.8. The average molecular weight is 318 g/mol. The van der Waals surface area contributed by atoms with Crippen LogP contribution in [0.5, 0.6) is 0 Å². The SMILES string of the molecule is CN1c2ccccc2C(=Cc2cccc(Cl)c2)c2ccccc21. The van der Waals surface area contributed by atoms with Crippen LogP contribution in [0.25, 0.3) is 11.6 Å². The van der Waals surface area contributed by atoms with E-state index in [2.05, 4.69) is 72.6 Å². The zero-order valence-electron chi connectivity index (χ0n) is 12.8. The van der Waals surface area contributed by atoms with Crippen LogP contribution in [-0.4, -0.2) is 7.05 Å². The molecule has 0 fully saturated rings. The van der Waals surface area contributed by atoms with Crippen molar-refractivity contribution in [3.05, 3.63) is 94.5 Å². The highest BCUT2D eigenvalue weighted by molar-refractivity contribution is 6.30. The summed E-state index contributed by atoms with van der Waals surface area (Å²) in [7, 11) is 2.12. The van der Waals surface area contributed by atoms with Crippen LogP contribution in [-0.2, 0) is 0 Å². The Kier molecular flexibility index (Phi) is 3.44. The molecular formula is C21H16ClN. The Morgan fingerprint density at radius 1 is 0.783 bits per heavy atom. The maximum atomic E-state index is 6.15. The van der Waals surface area contributed by atoms with Crippen LogP contribution in [0, 0.1) is 0 Å². The van der Waals surface area contributed by atoms with Crippen molar-refractivity contribution in [1.29, 1.82) is 0 Å². The lowest BCUT2D eigenvalue weighted by Gasteiger charge is -2.31. The van der Waals surface area contributed by atoms with Crippen molar-refractivity contribution in [2.75, 3.05) is 11.9 Å². The Bertz CT molecular complexity index is 861. The molecule has 0 aromatic heterocycles. The number of hydrogen-bond acceptors (Lipinski definition) is 1. The van der Waals surface area contributed by atoms with Gasteiger partial charge in [0.05, 0.1) is 0 Å². The smallest absolute Gasteiger partial charge is 0.0488 e. The van der Waals surface area contributed by atoms with Gasteiger partial charge in [-0.05, 0) is 41.5 Å². The molecule has 4 rings (SSSR count). The van der Waals surface area contributed by atoms with Gasteiger partial charge in [-0.15, -0.1) is 0 Å². The van der Waals surface area contributed by atoms with Crippen LogP contribution in [0.4, 0.5) is 11.4 Å². The molecule has 3 aromatic rings. The molecule has 112 valence electrons. The van der Waals surface area contributed by atoms with E-state index in [-0.39, 0.29) is 0 Å². The van der Waals surface area contributed by atoms with Crippen molar-refractivity contribution in [2.45, 2.75) is 0 Å². The Morgan fingerprint density at radius 2 is 1.39 bits per heavy atom. The van der Waals surface area contributed by atoms with Gasteiger partial charge in [0.1, 0.15) is 0 Å². The normalized spacial score (nSPS) is 12.6. The molecule has 0 unspecified atom stereocenters. The minimum Gasteiger partial charge on any atom is -0.344 e. The monoisotopic (exact) mass is 317 g/mol. The first-order valence-electron chi connectivity index (χ1n) is 7.64. The van der Waals surface area contributed by atoms with E-state index >= 15 is 0 Å². The number of rotatable bonds is 1. The Labute approximate surface area is 141 Å². The summed E-state index contributed by atoms with van der Waals surface area (Å²) in [6.45, 7) is 0. The number of fused-ring (bicyclic) bond motifs is 2. The van der Waals surface area contributed by atoms with E-state index in [0.29, 0.717) is 0 Å². The molecule has 23 heavy (non-hydrogen) atoms. The quantitative estimate of drug-likeness (QED) is 0.531. The average Bonchev–Trinajstić information content (AvgIpc) is 2.59. The van der Waals surface area contributed by atoms with Crippen molar-refractivity contribution >= 4 is 34.6 Å². The summed E-state index contributed by atoms with van der Waals surface area (Å²) in [4.78, 5) is 2.25. The van der Waals surface area contributed by atoms with Crippen LogP contribution in [0.3, 0.4) is 0 Å². The van der Waals surface area contributed by atoms with Gasteiger partial charge in [0.2, 0.25) is 0 Å².